The second-order valence-electron chi connectivity index (χ2n) is 9.59. The van der Waals surface area contributed by atoms with E-state index in [4.69, 9.17) is 9.26 Å². The maximum atomic E-state index is 15.5. The molecular weight excluding hydrogens is 488 g/mol. The molecule has 194 valence electrons. The summed E-state index contributed by atoms with van der Waals surface area (Å²) < 4.78 is 62.2. The molecule has 0 amide bonds. The largest absolute Gasteiger partial charge is 0.460 e. The third-order valence-electron chi connectivity index (χ3n) is 6.76. The molecule has 7 nitrogen and oxygen atoms in total. The first-order valence-electron chi connectivity index (χ1n) is 12.0. The van der Waals surface area contributed by atoms with Gasteiger partial charge in [-0.1, -0.05) is 16.5 Å². The van der Waals surface area contributed by atoms with Crippen LogP contribution in [0.5, 0.6) is 5.19 Å². The normalized spacial score (nSPS) is 23.6. The van der Waals surface area contributed by atoms with Crippen molar-refractivity contribution >= 4 is 17.1 Å². The summed E-state index contributed by atoms with van der Waals surface area (Å²) in [6.45, 7) is 2.38. The molecule has 35 heavy (non-hydrogen) atoms. The van der Waals surface area contributed by atoms with Crippen molar-refractivity contribution in [2.45, 2.75) is 76.6 Å². The zero-order valence-corrected chi connectivity index (χ0v) is 20.5. The summed E-state index contributed by atoms with van der Waals surface area (Å²) in [5.41, 5.74) is -0.441. The van der Waals surface area contributed by atoms with E-state index in [1.54, 1.807) is 6.92 Å². The fourth-order valence-corrected chi connectivity index (χ4v) is 5.75. The third-order valence-corrected chi connectivity index (χ3v) is 7.83. The molecule has 1 saturated carbocycles. The fourth-order valence-electron chi connectivity index (χ4n) is 4.81. The zero-order valence-electron chi connectivity index (χ0n) is 19.7. The van der Waals surface area contributed by atoms with E-state index in [9.17, 15) is 18.0 Å². The van der Waals surface area contributed by atoms with Gasteiger partial charge in [-0.05, 0) is 44.4 Å². The molecule has 0 radical (unpaired) electrons. The van der Waals surface area contributed by atoms with Crippen LogP contribution in [-0.4, -0.2) is 63.9 Å². The zero-order chi connectivity index (χ0) is 25.1. The van der Waals surface area contributed by atoms with Crippen molar-refractivity contribution in [1.29, 1.82) is 0 Å². The molecule has 3 heterocycles. The molecule has 0 N–H and O–H groups in total. The maximum Gasteiger partial charge on any atom is 0.422 e. The number of carbonyl (C=O) groups excluding carboxylic acids is 1. The van der Waals surface area contributed by atoms with Gasteiger partial charge in [0.15, 0.2) is 12.4 Å². The van der Waals surface area contributed by atoms with Crippen LogP contribution in [0.4, 0.5) is 17.6 Å². The molecule has 0 unspecified atom stereocenters. The van der Waals surface area contributed by atoms with E-state index in [1.807, 2.05) is 0 Å². The molecule has 0 spiro atoms. The Bertz CT molecular complexity index is 976. The van der Waals surface area contributed by atoms with Gasteiger partial charge in [-0.25, -0.2) is 9.37 Å². The summed E-state index contributed by atoms with van der Waals surface area (Å²) in [7, 11) is 0. The Morgan fingerprint density at radius 2 is 1.97 bits per heavy atom. The third kappa shape index (κ3) is 7.70. The summed E-state index contributed by atoms with van der Waals surface area (Å²) in [5.74, 6) is 1.08. The van der Waals surface area contributed by atoms with Crippen molar-refractivity contribution in [3.05, 3.63) is 22.3 Å². The number of rotatable bonds is 9. The summed E-state index contributed by atoms with van der Waals surface area (Å²) >= 11 is 1.17. The number of carbonyl (C=O) groups is 1. The van der Waals surface area contributed by atoms with Gasteiger partial charge < -0.3 is 14.2 Å². The van der Waals surface area contributed by atoms with Crippen molar-refractivity contribution < 1.29 is 31.6 Å². The van der Waals surface area contributed by atoms with E-state index in [-0.39, 0.29) is 23.3 Å². The van der Waals surface area contributed by atoms with Crippen LogP contribution in [0.3, 0.4) is 0 Å². The van der Waals surface area contributed by atoms with E-state index < -0.39 is 18.5 Å². The van der Waals surface area contributed by atoms with Gasteiger partial charge in [0, 0.05) is 44.3 Å². The second kappa shape index (κ2) is 10.9. The number of hydrogen-bond donors (Lipinski definition) is 0. The fraction of sp³-hybridized carbons (Fsp3) is 0.739. The number of halogens is 4. The van der Waals surface area contributed by atoms with Gasteiger partial charge in [-0.2, -0.15) is 18.2 Å². The van der Waals surface area contributed by atoms with Crippen LogP contribution >= 0.6 is 11.3 Å². The number of nitrogens with zero attached hydrogens (tertiary/aromatic N) is 4. The van der Waals surface area contributed by atoms with Gasteiger partial charge in [0.2, 0.25) is 5.89 Å². The minimum absolute atomic E-state index is 0.0553. The predicted molar refractivity (Wildman–Crippen MR) is 120 cm³/mol. The Hall–Kier alpha value is -2.08. The highest BCUT2D eigenvalue weighted by Gasteiger charge is 2.36. The highest BCUT2D eigenvalue weighted by atomic mass is 32.1. The standard InChI is InChI=1S/C23H30F4N4O3S/c1-15-28-20(30-34-15)13-17(32)12-16-2-6-22(24,7-3-16)8-11-31-9-4-18-19(5-10-31)35-21(29-18)33-14-23(25,26)27/h16H,2-14H2,1H3. The maximum absolute atomic E-state index is 15.5. The molecule has 1 aliphatic carbocycles. The average molecular weight is 519 g/mol. The van der Waals surface area contributed by atoms with E-state index in [0.717, 1.165) is 17.1 Å². The molecule has 12 heteroatoms. The van der Waals surface area contributed by atoms with Gasteiger partial charge in [-0.3, -0.25) is 4.79 Å². The van der Waals surface area contributed by atoms with Crippen molar-refractivity contribution in [2.75, 3.05) is 26.2 Å². The molecule has 0 atom stereocenters. The molecular formula is C23H30F4N4O3S. The highest BCUT2D eigenvalue weighted by Crippen LogP contribution is 2.39. The molecule has 2 aromatic heterocycles. The highest BCUT2D eigenvalue weighted by molar-refractivity contribution is 7.13. The minimum atomic E-state index is -4.38. The number of fused-ring (bicyclic) bond motifs is 1. The van der Waals surface area contributed by atoms with Crippen LogP contribution in [0.1, 0.15) is 60.8 Å². The van der Waals surface area contributed by atoms with E-state index in [0.29, 0.717) is 76.2 Å². The lowest BCUT2D eigenvalue weighted by molar-refractivity contribution is -0.153. The SMILES string of the molecule is Cc1nc(CC(=O)CC2CCC(F)(CCN3CCc4nc(OCC(F)(F)F)sc4CC3)CC2)no1. The molecule has 0 aromatic carbocycles. The number of ketones is 1. The second-order valence-corrected chi connectivity index (χ2v) is 10.6. The van der Waals surface area contributed by atoms with Crippen LogP contribution in [0.2, 0.25) is 0 Å². The monoisotopic (exact) mass is 518 g/mol. The Morgan fingerprint density at radius 1 is 1.23 bits per heavy atom. The van der Waals surface area contributed by atoms with E-state index in [2.05, 4.69) is 20.0 Å². The summed E-state index contributed by atoms with van der Waals surface area (Å²) in [5, 5.41) is 3.82. The first kappa shape index (κ1) is 26.0. The minimum Gasteiger partial charge on any atom is -0.460 e. The lowest BCUT2D eigenvalue weighted by Crippen LogP contribution is -2.36. The van der Waals surface area contributed by atoms with Crippen LogP contribution in [0.25, 0.3) is 0 Å². The lowest BCUT2D eigenvalue weighted by atomic mass is 9.76. The summed E-state index contributed by atoms with van der Waals surface area (Å²) in [6, 6.07) is 0. The molecule has 4 rings (SSSR count). The Morgan fingerprint density at radius 3 is 2.66 bits per heavy atom. The van der Waals surface area contributed by atoms with Gasteiger partial charge in [0.25, 0.3) is 5.19 Å². The Labute approximate surface area is 205 Å². The average Bonchev–Trinajstić information content (AvgIpc) is 3.33. The van der Waals surface area contributed by atoms with Crippen molar-refractivity contribution in [3.63, 3.8) is 0 Å². The van der Waals surface area contributed by atoms with Crippen molar-refractivity contribution in [1.82, 2.24) is 20.0 Å². The molecule has 2 aromatic rings. The topological polar surface area (TPSA) is 81.4 Å². The number of Topliss-reactive ketones (excluding diaryl/α,β-unsaturated/α-hetero) is 1. The van der Waals surface area contributed by atoms with Gasteiger partial charge >= 0.3 is 6.18 Å². The first-order chi connectivity index (χ1) is 16.6. The van der Waals surface area contributed by atoms with Crippen LogP contribution in [0.15, 0.2) is 4.52 Å². The molecule has 2 aliphatic rings. The van der Waals surface area contributed by atoms with Gasteiger partial charge in [0.1, 0.15) is 11.5 Å². The smallest absolute Gasteiger partial charge is 0.422 e. The molecule has 1 aliphatic heterocycles. The van der Waals surface area contributed by atoms with Crippen LogP contribution in [-0.2, 0) is 24.1 Å². The van der Waals surface area contributed by atoms with E-state index >= 15 is 4.39 Å². The van der Waals surface area contributed by atoms with Crippen molar-refractivity contribution in [3.8, 4) is 5.19 Å². The first-order valence-corrected chi connectivity index (χ1v) is 12.8. The number of thiazole rings is 1. The number of aromatic nitrogens is 3. The summed E-state index contributed by atoms with van der Waals surface area (Å²) in [6.07, 6.45) is 0.201. The van der Waals surface area contributed by atoms with Crippen molar-refractivity contribution in [2.24, 2.45) is 5.92 Å². The summed E-state index contributed by atoms with van der Waals surface area (Å²) in [4.78, 5) is 23.7. The van der Waals surface area contributed by atoms with Gasteiger partial charge in [0.05, 0.1) is 12.1 Å². The Balaban J connectivity index is 1.17. The van der Waals surface area contributed by atoms with E-state index in [1.165, 1.54) is 11.3 Å². The number of aryl methyl sites for hydroxylation is 1. The number of hydrogen-bond acceptors (Lipinski definition) is 8. The molecule has 0 bridgehead atoms. The van der Waals surface area contributed by atoms with Crippen LogP contribution < -0.4 is 4.74 Å². The number of alkyl halides is 4. The Kier molecular flexibility index (Phi) is 8.09. The number of ether oxygens (including phenoxy) is 1. The predicted octanol–water partition coefficient (Wildman–Crippen LogP) is 4.67. The van der Waals surface area contributed by atoms with Gasteiger partial charge in [-0.15, -0.1) is 0 Å². The lowest BCUT2D eigenvalue weighted by Gasteiger charge is -2.35. The van der Waals surface area contributed by atoms with Crippen LogP contribution in [0, 0.1) is 12.8 Å². The quantitative estimate of drug-likeness (QED) is 0.447. The molecule has 0 saturated heterocycles. The molecule has 1 fully saturated rings.